The molecule has 29 heavy (non-hydrogen) atoms. The summed E-state index contributed by atoms with van der Waals surface area (Å²) >= 11 is 0. The van der Waals surface area contributed by atoms with Crippen molar-refractivity contribution in [3.05, 3.63) is 53.4 Å². The number of hydrogen-bond acceptors (Lipinski definition) is 3. The molecule has 1 aromatic carbocycles. The van der Waals surface area contributed by atoms with Crippen LogP contribution < -0.4 is 5.32 Å². The van der Waals surface area contributed by atoms with Crippen molar-refractivity contribution in [1.82, 2.24) is 20.0 Å². The number of rotatable bonds is 5. The van der Waals surface area contributed by atoms with E-state index in [1.807, 2.05) is 10.9 Å². The van der Waals surface area contributed by atoms with E-state index in [2.05, 4.69) is 10.4 Å². The molecule has 1 saturated heterocycles. The molecule has 1 atom stereocenters. The number of nitrogens with one attached hydrogen (secondary N) is 1. The summed E-state index contributed by atoms with van der Waals surface area (Å²) in [6, 6.07) is 5.76. The molecule has 8 heteroatoms. The van der Waals surface area contributed by atoms with Crippen LogP contribution in [0.4, 0.5) is 8.78 Å². The quantitative estimate of drug-likeness (QED) is 0.786. The van der Waals surface area contributed by atoms with Gasteiger partial charge in [0.05, 0.1) is 12.6 Å². The van der Waals surface area contributed by atoms with Crippen LogP contribution in [0, 0.1) is 11.6 Å². The summed E-state index contributed by atoms with van der Waals surface area (Å²) in [5.74, 6) is -1.48. The van der Waals surface area contributed by atoms with Crippen LogP contribution >= 0.6 is 12.4 Å². The Labute approximate surface area is 175 Å². The number of amides is 1. The van der Waals surface area contributed by atoms with Crippen LogP contribution in [0.25, 0.3) is 0 Å². The van der Waals surface area contributed by atoms with E-state index in [-0.39, 0.29) is 42.5 Å². The van der Waals surface area contributed by atoms with Gasteiger partial charge in [-0.25, -0.2) is 8.78 Å². The van der Waals surface area contributed by atoms with Crippen molar-refractivity contribution >= 4 is 18.3 Å². The van der Waals surface area contributed by atoms with Gasteiger partial charge in [0, 0.05) is 24.3 Å². The van der Waals surface area contributed by atoms with E-state index < -0.39 is 11.6 Å². The number of piperidine rings is 1. The Morgan fingerprint density at radius 2 is 1.86 bits per heavy atom. The highest BCUT2D eigenvalue weighted by atomic mass is 35.5. The Bertz CT molecular complexity index is 812. The minimum absolute atomic E-state index is 0. The van der Waals surface area contributed by atoms with Crippen LogP contribution in [-0.4, -0.2) is 39.7 Å². The summed E-state index contributed by atoms with van der Waals surface area (Å²) in [5, 5.41) is 7.86. The summed E-state index contributed by atoms with van der Waals surface area (Å²) < 4.78 is 30.3. The first-order valence-electron chi connectivity index (χ1n) is 10.1. The summed E-state index contributed by atoms with van der Waals surface area (Å²) in [7, 11) is 0. The lowest BCUT2D eigenvalue weighted by atomic mass is 10.1. The second-order valence-electron chi connectivity index (χ2n) is 7.75. The Morgan fingerprint density at radius 1 is 1.14 bits per heavy atom. The lowest BCUT2D eigenvalue weighted by Crippen LogP contribution is -2.39. The maximum Gasteiger partial charge on any atom is 0.274 e. The van der Waals surface area contributed by atoms with Gasteiger partial charge in [-0.3, -0.25) is 9.48 Å². The van der Waals surface area contributed by atoms with E-state index in [9.17, 15) is 13.6 Å². The van der Waals surface area contributed by atoms with Crippen LogP contribution in [0.5, 0.6) is 0 Å². The number of aromatic nitrogens is 2. The van der Waals surface area contributed by atoms with Crippen molar-refractivity contribution < 1.29 is 13.6 Å². The first-order valence-corrected chi connectivity index (χ1v) is 10.1. The molecule has 2 fully saturated rings. The number of carbonyl (C=O) groups excluding carboxylic acids is 1. The van der Waals surface area contributed by atoms with E-state index in [4.69, 9.17) is 0 Å². The van der Waals surface area contributed by atoms with E-state index in [0.29, 0.717) is 5.69 Å². The predicted octanol–water partition coefficient (Wildman–Crippen LogP) is 4.09. The van der Waals surface area contributed by atoms with Gasteiger partial charge in [0.25, 0.3) is 5.91 Å². The van der Waals surface area contributed by atoms with E-state index in [0.717, 1.165) is 51.6 Å². The lowest BCUT2D eigenvalue weighted by molar-refractivity contribution is 0.0652. The zero-order chi connectivity index (χ0) is 19.5. The average Bonchev–Trinajstić information content (AvgIpc) is 3.40. The molecular weight excluding hydrogens is 398 g/mol. The van der Waals surface area contributed by atoms with Crippen LogP contribution in [0.1, 0.15) is 60.6 Å². The molecule has 5 nitrogen and oxygen atoms in total. The Kier molecular flexibility index (Phi) is 7.24. The summed E-state index contributed by atoms with van der Waals surface area (Å²) in [5.41, 5.74) is 0.285. The predicted molar refractivity (Wildman–Crippen MR) is 109 cm³/mol. The molecule has 2 aromatic rings. The number of benzene rings is 1. The zero-order valence-electron chi connectivity index (χ0n) is 16.3. The van der Waals surface area contributed by atoms with E-state index >= 15 is 0 Å². The molecule has 2 aliphatic rings. The molecule has 0 spiro atoms. The van der Waals surface area contributed by atoms with Gasteiger partial charge in [0.15, 0.2) is 0 Å². The molecule has 1 saturated carbocycles. The van der Waals surface area contributed by atoms with Gasteiger partial charge in [0.2, 0.25) is 0 Å². The third-order valence-corrected chi connectivity index (χ3v) is 5.89. The summed E-state index contributed by atoms with van der Waals surface area (Å²) in [6.45, 7) is 1.77. The topological polar surface area (TPSA) is 50.2 Å². The van der Waals surface area contributed by atoms with Gasteiger partial charge >= 0.3 is 0 Å². The Hall–Kier alpha value is -1.99. The van der Waals surface area contributed by atoms with Crippen LogP contribution in [0.3, 0.4) is 0 Å². The SMILES string of the molecule is Cl.O=C(c1ccn(C2CCCNC2)n1)N(Cc1c(F)cccc1F)C1CCCC1. The Balaban J connectivity index is 0.00000240. The van der Waals surface area contributed by atoms with Crippen LogP contribution in [0.15, 0.2) is 30.5 Å². The molecule has 0 radical (unpaired) electrons. The number of hydrogen-bond donors (Lipinski definition) is 1. The van der Waals surface area contributed by atoms with Crippen molar-refractivity contribution in [3.8, 4) is 0 Å². The molecule has 1 aliphatic carbocycles. The molecular formula is C21H27ClF2N4O. The first-order chi connectivity index (χ1) is 13.6. The molecule has 158 valence electrons. The smallest absolute Gasteiger partial charge is 0.274 e. The third-order valence-electron chi connectivity index (χ3n) is 5.89. The van der Waals surface area contributed by atoms with Gasteiger partial charge in [-0.2, -0.15) is 5.10 Å². The maximum absolute atomic E-state index is 14.2. The average molecular weight is 425 g/mol. The second kappa shape index (κ2) is 9.67. The molecule has 1 aromatic heterocycles. The molecule has 1 unspecified atom stereocenters. The Morgan fingerprint density at radius 3 is 2.52 bits per heavy atom. The van der Waals surface area contributed by atoms with E-state index in [1.54, 1.807) is 11.0 Å². The third kappa shape index (κ3) is 4.78. The van der Waals surface area contributed by atoms with Gasteiger partial charge < -0.3 is 10.2 Å². The monoisotopic (exact) mass is 424 g/mol. The minimum Gasteiger partial charge on any atom is -0.330 e. The number of carbonyl (C=O) groups is 1. The fourth-order valence-corrected chi connectivity index (χ4v) is 4.30. The summed E-state index contributed by atoms with van der Waals surface area (Å²) in [4.78, 5) is 14.9. The normalized spacial score (nSPS) is 19.7. The molecule has 4 rings (SSSR count). The molecule has 0 bridgehead atoms. The second-order valence-corrected chi connectivity index (χ2v) is 7.75. The van der Waals surface area contributed by atoms with Gasteiger partial charge in [-0.15, -0.1) is 12.4 Å². The molecule has 1 aliphatic heterocycles. The van der Waals surface area contributed by atoms with Crippen molar-refractivity contribution in [3.63, 3.8) is 0 Å². The summed E-state index contributed by atoms with van der Waals surface area (Å²) in [6.07, 6.45) is 7.70. The highest BCUT2D eigenvalue weighted by molar-refractivity contribution is 5.92. The van der Waals surface area contributed by atoms with Gasteiger partial charge in [-0.1, -0.05) is 18.9 Å². The largest absolute Gasteiger partial charge is 0.330 e. The first kappa shape index (κ1) is 21.7. The molecule has 1 amide bonds. The minimum atomic E-state index is -0.616. The fraction of sp³-hybridized carbons (Fsp3) is 0.524. The van der Waals surface area contributed by atoms with Crippen molar-refractivity contribution in [2.75, 3.05) is 13.1 Å². The zero-order valence-corrected chi connectivity index (χ0v) is 17.1. The van der Waals surface area contributed by atoms with Crippen molar-refractivity contribution in [1.29, 1.82) is 0 Å². The molecule has 1 N–H and O–H groups in total. The molecule has 2 heterocycles. The van der Waals surface area contributed by atoms with Crippen LogP contribution in [-0.2, 0) is 6.54 Å². The number of halogens is 3. The lowest BCUT2D eigenvalue weighted by Gasteiger charge is -2.29. The van der Waals surface area contributed by atoms with Crippen LogP contribution in [0.2, 0.25) is 0 Å². The van der Waals surface area contributed by atoms with Gasteiger partial charge in [0.1, 0.15) is 17.3 Å². The maximum atomic E-state index is 14.2. The number of nitrogens with zero attached hydrogens (tertiary/aromatic N) is 3. The highest BCUT2D eigenvalue weighted by Gasteiger charge is 2.30. The van der Waals surface area contributed by atoms with Crippen molar-refractivity contribution in [2.45, 2.75) is 57.2 Å². The highest BCUT2D eigenvalue weighted by Crippen LogP contribution is 2.28. The van der Waals surface area contributed by atoms with Gasteiger partial charge in [-0.05, 0) is 50.4 Å². The van der Waals surface area contributed by atoms with Crippen molar-refractivity contribution in [2.24, 2.45) is 0 Å². The fourth-order valence-electron chi connectivity index (χ4n) is 4.30. The standard InChI is InChI=1S/C21H26F2N4O.ClH/c22-18-8-3-9-19(23)17(18)14-26(15-5-1-2-6-15)21(28)20-10-12-27(25-20)16-7-4-11-24-13-16;/h3,8-10,12,15-16,24H,1-2,4-7,11,13-14H2;1H. The van der Waals surface area contributed by atoms with E-state index in [1.165, 1.54) is 18.2 Å².